The van der Waals surface area contributed by atoms with Crippen molar-refractivity contribution >= 4 is 0 Å². The molecule has 0 amide bonds. The van der Waals surface area contributed by atoms with Gasteiger partial charge in [-0.05, 0) is 39.3 Å². The molecule has 21 heavy (non-hydrogen) atoms. The van der Waals surface area contributed by atoms with Gasteiger partial charge < -0.3 is 20.1 Å². The zero-order valence-electron chi connectivity index (χ0n) is 14.1. The van der Waals surface area contributed by atoms with Crippen LogP contribution in [0.2, 0.25) is 0 Å². The van der Waals surface area contributed by atoms with Crippen LogP contribution in [-0.2, 0) is 4.74 Å². The molecule has 0 aromatic heterocycles. The summed E-state index contributed by atoms with van der Waals surface area (Å²) in [6.07, 6.45) is 8.54. The molecular weight excluding hydrogens is 264 g/mol. The summed E-state index contributed by atoms with van der Waals surface area (Å²) in [5, 5.41) is 13.3. The lowest BCUT2D eigenvalue weighted by Crippen LogP contribution is -2.44. The molecule has 2 N–H and O–H groups in total. The third kappa shape index (κ3) is 10.2. The van der Waals surface area contributed by atoms with Crippen molar-refractivity contribution in [3.63, 3.8) is 0 Å². The highest BCUT2D eigenvalue weighted by Crippen LogP contribution is 2.08. The monoisotopic (exact) mass is 300 g/mol. The van der Waals surface area contributed by atoms with E-state index >= 15 is 0 Å². The zero-order chi connectivity index (χ0) is 15.3. The quantitative estimate of drug-likeness (QED) is 0.543. The predicted octanol–water partition coefficient (Wildman–Crippen LogP) is 2.41. The Balaban J connectivity index is 1.94. The van der Waals surface area contributed by atoms with E-state index < -0.39 is 0 Å². The third-order valence-corrected chi connectivity index (χ3v) is 4.14. The fraction of sp³-hybridized carbons (Fsp3) is 1.00. The number of likely N-dealkylation sites (tertiary alicyclic amines) is 1. The van der Waals surface area contributed by atoms with Crippen LogP contribution in [0, 0.1) is 0 Å². The lowest BCUT2D eigenvalue weighted by molar-refractivity contribution is 0.0336. The first-order valence-corrected chi connectivity index (χ1v) is 8.94. The van der Waals surface area contributed by atoms with Crippen molar-refractivity contribution in [3.8, 4) is 0 Å². The van der Waals surface area contributed by atoms with Gasteiger partial charge >= 0.3 is 0 Å². The molecule has 0 spiro atoms. The van der Waals surface area contributed by atoms with E-state index in [1.807, 2.05) is 0 Å². The number of nitrogens with one attached hydrogen (secondary N) is 1. The molecule has 0 aromatic carbocycles. The van der Waals surface area contributed by atoms with Crippen LogP contribution >= 0.6 is 0 Å². The van der Waals surface area contributed by atoms with Crippen LogP contribution in [0.4, 0.5) is 0 Å². The first-order valence-electron chi connectivity index (χ1n) is 8.94. The minimum atomic E-state index is -0.389. The van der Waals surface area contributed by atoms with Crippen LogP contribution in [0.5, 0.6) is 0 Å². The molecule has 1 aliphatic heterocycles. The Morgan fingerprint density at radius 1 is 1.14 bits per heavy atom. The standard InChI is InChI=1S/C17H36N2O2/c1-3-4-5-9-12-21-15-17(20)13-18-16(2)14-19-10-7-6-8-11-19/h16-18,20H,3-15H2,1-2H3. The van der Waals surface area contributed by atoms with E-state index in [1.54, 1.807) is 0 Å². The lowest BCUT2D eigenvalue weighted by atomic mass is 10.1. The molecule has 2 atom stereocenters. The molecule has 126 valence electrons. The van der Waals surface area contributed by atoms with Gasteiger partial charge in [-0.25, -0.2) is 0 Å². The molecule has 1 aliphatic rings. The van der Waals surface area contributed by atoms with Crippen molar-refractivity contribution < 1.29 is 9.84 Å². The molecule has 0 aliphatic carbocycles. The number of nitrogens with zero attached hydrogens (tertiary/aromatic N) is 1. The first kappa shape index (κ1) is 18.9. The van der Waals surface area contributed by atoms with Gasteiger partial charge in [0.2, 0.25) is 0 Å². The van der Waals surface area contributed by atoms with Gasteiger partial charge in [-0.3, -0.25) is 0 Å². The SMILES string of the molecule is CCCCCCOCC(O)CNC(C)CN1CCCCC1. The average Bonchev–Trinajstić information content (AvgIpc) is 2.50. The number of hydrogen-bond donors (Lipinski definition) is 2. The maximum Gasteiger partial charge on any atom is 0.0897 e. The molecule has 1 saturated heterocycles. The van der Waals surface area contributed by atoms with E-state index in [0.29, 0.717) is 19.2 Å². The van der Waals surface area contributed by atoms with Crippen molar-refractivity contribution in [2.75, 3.05) is 39.4 Å². The van der Waals surface area contributed by atoms with Crippen molar-refractivity contribution in [2.45, 2.75) is 70.9 Å². The van der Waals surface area contributed by atoms with Crippen molar-refractivity contribution in [2.24, 2.45) is 0 Å². The zero-order valence-corrected chi connectivity index (χ0v) is 14.1. The summed E-state index contributed by atoms with van der Waals surface area (Å²) >= 11 is 0. The smallest absolute Gasteiger partial charge is 0.0897 e. The van der Waals surface area contributed by atoms with Gasteiger partial charge in [-0.2, -0.15) is 0 Å². The number of piperidine rings is 1. The summed E-state index contributed by atoms with van der Waals surface area (Å²) in [5.41, 5.74) is 0. The van der Waals surface area contributed by atoms with E-state index in [-0.39, 0.29) is 6.10 Å². The van der Waals surface area contributed by atoms with Crippen LogP contribution in [0.15, 0.2) is 0 Å². The van der Waals surface area contributed by atoms with Crippen LogP contribution in [0.1, 0.15) is 58.8 Å². The third-order valence-electron chi connectivity index (χ3n) is 4.14. The van der Waals surface area contributed by atoms with E-state index in [0.717, 1.165) is 19.6 Å². The molecule has 0 aromatic rings. The van der Waals surface area contributed by atoms with Gasteiger partial charge in [-0.15, -0.1) is 0 Å². The summed E-state index contributed by atoms with van der Waals surface area (Å²) in [7, 11) is 0. The molecule has 0 radical (unpaired) electrons. The van der Waals surface area contributed by atoms with Crippen molar-refractivity contribution in [1.82, 2.24) is 10.2 Å². The highest BCUT2D eigenvalue weighted by atomic mass is 16.5. The van der Waals surface area contributed by atoms with Gasteiger partial charge in [0.25, 0.3) is 0 Å². The van der Waals surface area contributed by atoms with Crippen LogP contribution in [0.3, 0.4) is 0 Å². The minimum absolute atomic E-state index is 0.389. The second-order valence-corrected chi connectivity index (χ2v) is 6.46. The van der Waals surface area contributed by atoms with E-state index in [4.69, 9.17) is 4.74 Å². The highest BCUT2D eigenvalue weighted by molar-refractivity contribution is 4.72. The number of aliphatic hydroxyl groups excluding tert-OH is 1. The van der Waals surface area contributed by atoms with Gasteiger partial charge in [0.15, 0.2) is 0 Å². The van der Waals surface area contributed by atoms with Gasteiger partial charge in [0.05, 0.1) is 12.7 Å². The van der Waals surface area contributed by atoms with Crippen LogP contribution in [0.25, 0.3) is 0 Å². The fourth-order valence-electron chi connectivity index (χ4n) is 2.84. The summed E-state index contributed by atoms with van der Waals surface area (Å²) < 4.78 is 5.52. The molecule has 4 heteroatoms. The van der Waals surface area contributed by atoms with E-state index in [1.165, 1.54) is 51.6 Å². The van der Waals surface area contributed by atoms with Gasteiger partial charge in [-0.1, -0.05) is 32.6 Å². The normalized spacial score (nSPS) is 19.6. The number of ether oxygens (including phenoxy) is 1. The molecule has 1 fully saturated rings. The second kappa shape index (κ2) is 12.4. The van der Waals surface area contributed by atoms with Crippen LogP contribution in [-0.4, -0.2) is 61.5 Å². The number of rotatable bonds is 12. The number of hydrogen-bond acceptors (Lipinski definition) is 4. The molecule has 2 unspecified atom stereocenters. The van der Waals surface area contributed by atoms with Crippen molar-refractivity contribution in [1.29, 1.82) is 0 Å². The minimum Gasteiger partial charge on any atom is -0.389 e. The second-order valence-electron chi connectivity index (χ2n) is 6.46. The Hall–Kier alpha value is -0.160. The largest absolute Gasteiger partial charge is 0.389 e. The predicted molar refractivity (Wildman–Crippen MR) is 88.7 cm³/mol. The Kier molecular flexibility index (Phi) is 11.1. The highest BCUT2D eigenvalue weighted by Gasteiger charge is 2.14. The lowest BCUT2D eigenvalue weighted by Gasteiger charge is -2.29. The number of aliphatic hydroxyl groups is 1. The Morgan fingerprint density at radius 3 is 2.62 bits per heavy atom. The maximum absolute atomic E-state index is 9.91. The van der Waals surface area contributed by atoms with Crippen molar-refractivity contribution in [3.05, 3.63) is 0 Å². The summed E-state index contributed by atoms with van der Waals surface area (Å²) in [5.74, 6) is 0. The average molecular weight is 300 g/mol. The molecule has 1 rings (SSSR count). The Morgan fingerprint density at radius 2 is 1.90 bits per heavy atom. The molecule has 4 nitrogen and oxygen atoms in total. The molecule has 0 saturated carbocycles. The Labute approximate surface area is 131 Å². The van der Waals surface area contributed by atoms with Gasteiger partial charge in [0.1, 0.15) is 0 Å². The first-order chi connectivity index (χ1) is 10.2. The van der Waals surface area contributed by atoms with Gasteiger partial charge in [0, 0.05) is 25.7 Å². The molecule has 0 bridgehead atoms. The van der Waals surface area contributed by atoms with E-state index in [2.05, 4.69) is 24.1 Å². The summed E-state index contributed by atoms with van der Waals surface area (Å²) in [6.45, 7) is 9.82. The summed E-state index contributed by atoms with van der Waals surface area (Å²) in [6, 6.07) is 0.433. The number of unbranched alkanes of at least 4 members (excludes halogenated alkanes) is 3. The summed E-state index contributed by atoms with van der Waals surface area (Å²) in [4.78, 5) is 2.53. The maximum atomic E-state index is 9.91. The molecule has 1 heterocycles. The Bertz CT molecular complexity index is 233. The molecular formula is C17H36N2O2. The fourth-order valence-corrected chi connectivity index (χ4v) is 2.84. The van der Waals surface area contributed by atoms with Crippen LogP contribution < -0.4 is 5.32 Å². The van der Waals surface area contributed by atoms with E-state index in [9.17, 15) is 5.11 Å². The topological polar surface area (TPSA) is 44.7 Å².